The Bertz CT molecular complexity index is 1280. The van der Waals surface area contributed by atoms with Crippen LogP contribution in [0.4, 0.5) is 0 Å². The minimum Gasteiger partial charge on any atom is -0.455 e. The largest absolute Gasteiger partial charge is 0.455 e. The Labute approximate surface area is 251 Å². The van der Waals surface area contributed by atoms with E-state index in [2.05, 4.69) is 5.32 Å². The molecule has 1 aliphatic heterocycles. The molecule has 1 saturated heterocycles. The number of aliphatic hydroxyl groups is 2. The molecule has 6 fully saturated rings. The quantitative estimate of drug-likeness (QED) is 0.367. The second-order valence-corrected chi connectivity index (χ2v) is 13.7. The standard InChI is InChI=1S/C32H43NO10/c1-16(34)43-32-20-18(13-30(37,27(41-5)25(32)35)26(20)42-28(36)17-9-7-6-8-10-17)31-19(39-3)11-12-29(15-38-2)14-33-24(31)21(32)22(40-4)23(29)31/h6-10,18-27,33,35,37H,11-15H2,1-5H3/t18-,19+,20-,21+,22+,23-,24?,25+,26-,27+,29+,30-,31+,32-/m1/s1. The van der Waals surface area contributed by atoms with E-state index in [1.165, 1.54) is 14.0 Å². The number of fused-ring (bicyclic) bond motifs is 2. The van der Waals surface area contributed by atoms with Crippen molar-refractivity contribution in [2.45, 2.75) is 73.9 Å². The Kier molecular flexibility index (Phi) is 6.84. The predicted octanol–water partition coefficient (Wildman–Crippen LogP) is 0.945. The summed E-state index contributed by atoms with van der Waals surface area (Å²) in [6, 6.07) is 8.32. The summed E-state index contributed by atoms with van der Waals surface area (Å²) in [5.74, 6) is -3.00. The Hall–Kier alpha value is -2.12. The van der Waals surface area contributed by atoms with E-state index in [1.54, 1.807) is 51.7 Å². The van der Waals surface area contributed by atoms with Crippen LogP contribution < -0.4 is 5.32 Å². The van der Waals surface area contributed by atoms with E-state index < -0.39 is 64.8 Å². The third-order valence-corrected chi connectivity index (χ3v) is 12.4. The van der Waals surface area contributed by atoms with E-state index in [0.717, 1.165) is 12.8 Å². The first-order chi connectivity index (χ1) is 20.6. The number of hydrogen-bond acceptors (Lipinski definition) is 11. The van der Waals surface area contributed by atoms with E-state index in [4.69, 9.17) is 28.4 Å². The van der Waals surface area contributed by atoms with Crippen LogP contribution in [0.2, 0.25) is 0 Å². The van der Waals surface area contributed by atoms with E-state index in [1.807, 2.05) is 0 Å². The molecule has 11 nitrogen and oxygen atoms in total. The number of aliphatic hydroxyl groups excluding tert-OH is 1. The molecule has 3 N–H and O–H groups in total. The second-order valence-electron chi connectivity index (χ2n) is 13.7. The normalized spacial score (nSPS) is 50.3. The maximum atomic E-state index is 13.6. The minimum absolute atomic E-state index is 0.107. The molecule has 7 rings (SSSR count). The molecule has 0 amide bonds. The van der Waals surface area contributed by atoms with Gasteiger partial charge in [-0.1, -0.05) is 18.2 Å². The highest BCUT2D eigenvalue weighted by molar-refractivity contribution is 5.89. The van der Waals surface area contributed by atoms with Gasteiger partial charge in [-0.2, -0.15) is 0 Å². The van der Waals surface area contributed by atoms with Crippen molar-refractivity contribution < 1.29 is 48.2 Å². The highest BCUT2D eigenvalue weighted by atomic mass is 16.6. The van der Waals surface area contributed by atoms with Crippen LogP contribution in [0.3, 0.4) is 0 Å². The van der Waals surface area contributed by atoms with Gasteiger partial charge in [-0.3, -0.25) is 4.79 Å². The Morgan fingerprint density at radius 3 is 2.40 bits per heavy atom. The van der Waals surface area contributed by atoms with E-state index >= 15 is 0 Å². The van der Waals surface area contributed by atoms with E-state index in [0.29, 0.717) is 18.7 Å². The van der Waals surface area contributed by atoms with Crippen LogP contribution in [-0.4, -0.2) is 112 Å². The third-order valence-electron chi connectivity index (χ3n) is 12.4. The highest BCUT2D eigenvalue weighted by Gasteiger charge is 2.91. The van der Waals surface area contributed by atoms with Crippen molar-refractivity contribution >= 4 is 11.9 Å². The van der Waals surface area contributed by atoms with Crippen LogP contribution in [0.5, 0.6) is 0 Å². The summed E-state index contributed by atoms with van der Waals surface area (Å²) >= 11 is 0. The maximum absolute atomic E-state index is 13.6. The van der Waals surface area contributed by atoms with Crippen molar-refractivity contribution in [2.24, 2.45) is 34.5 Å². The van der Waals surface area contributed by atoms with Gasteiger partial charge in [0.2, 0.25) is 0 Å². The number of benzene rings is 1. The molecule has 1 unspecified atom stereocenters. The lowest BCUT2D eigenvalue weighted by molar-refractivity contribution is -0.308. The fourth-order valence-electron chi connectivity index (χ4n) is 11.7. The second kappa shape index (κ2) is 9.94. The molecule has 43 heavy (non-hydrogen) atoms. The molecular weight excluding hydrogens is 558 g/mol. The summed E-state index contributed by atoms with van der Waals surface area (Å²) in [5.41, 5.74) is -3.95. The number of hydrogen-bond donors (Lipinski definition) is 3. The summed E-state index contributed by atoms with van der Waals surface area (Å²) in [4.78, 5) is 26.7. The van der Waals surface area contributed by atoms with Gasteiger partial charge < -0.3 is 44.0 Å². The van der Waals surface area contributed by atoms with Gasteiger partial charge in [0.05, 0.1) is 24.4 Å². The molecule has 1 aromatic rings. The van der Waals surface area contributed by atoms with Crippen molar-refractivity contribution in [1.29, 1.82) is 0 Å². The number of carbonyl (C=O) groups is 2. The summed E-state index contributed by atoms with van der Waals surface area (Å²) in [6.07, 6.45) is -2.69. The molecule has 1 spiro atoms. The van der Waals surface area contributed by atoms with Crippen LogP contribution in [0.25, 0.3) is 0 Å². The first-order valence-corrected chi connectivity index (χ1v) is 15.3. The summed E-state index contributed by atoms with van der Waals surface area (Å²) in [7, 11) is 6.50. The Morgan fingerprint density at radius 2 is 1.77 bits per heavy atom. The fraction of sp³-hybridized carbons (Fsp3) is 0.750. The van der Waals surface area contributed by atoms with E-state index in [-0.39, 0.29) is 35.8 Å². The molecule has 1 heterocycles. The van der Waals surface area contributed by atoms with Gasteiger partial charge in [-0.15, -0.1) is 0 Å². The predicted molar refractivity (Wildman–Crippen MR) is 150 cm³/mol. The highest BCUT2D eigenvalue weighted by Crippen LogP contribution is 2.79. The molecule has 14 atom stereocenters. The van der Waals surface area contributed by atoms with Gasteiger partial charge in [-0.25, -0.2) is 4.79 Å². The van der Waals surface area contributed by atoms with E-state index in [9.17, 15) is 19.8 Å². The topological polar surface area (TPSA) is 142 Å². The van der Waals surface area contributed by atoms with Gasteiger partial charge in [-0.05, 0) is 37.3 Å². The lowest BCUT2D eigenvalue weighted by Gasteiger charge is -2.67. The van der Waals surface area contributed by atoms with Crippen LogP contribution >= 0.6 is 0 Å². The third kappa shape index (κ3) is 3.39. The van der Waals surface area contributed by atoms with Crippen molar-refractivity contribution in [1.82, 2.24) is 5.32 Å². The van der Waals surface area contributed by atoms with Crippen LogP contribution in [0.1, 0.15) is 36.5 Å². The number of piperidine rings is 1. The Morgan fingerprint density at radius 1 is 1.02 bits per heavy atom. The van der Waals surface area contributed by atoms with Gasteiger partial charge in [0, 0.05) is 76.5 Å². The lowest BCUT2D eigenvalue weighted by Crippen LogP contribution is -2.80. The number of ether oxygens (including phenoxy) is 6. The van der Waals surface area contributed by atoms with Crippen molar-refractivity contribution in [3.05, 3.63) is 35.9 Å². The smallest absolute Gasteiger partial charge is 0.338 e. The molecule has 236 valence electrons. The minimum atomic E-state index is -1.76. The molecule has 6 aliphatic rings. The SMILES string of the molecule is COC[C@]12CC[C@H](OC)[C@]34C(NC1)[C@H]([C@H](OC)[C@H]23)[C@]1(OC(C)=O)[C@H]2[C@@H](OC(=O)c3ccccc3)[C@](O)(C[C@H]24)[C@@H](OC)[C@@H]1O. The zero-order valence-corrected chi connectivity index (χ0v) is 25.4. The molecule has 5 aliphatic carbocycles. The summed E-state index contributed by atoms with van der Waals surface area (Å²) in [6.45, 7) is 2.47. The van der Waals surface area contributed by atoms with Gasteiger partial charge >= 0.3 is 11.9 Å². The fourth-order valence-corrected chi connectivity index (χ4v) is 11.7. The zero-order valence-electron chi connectivity index (χ0n) is 25.4. The number of carbonyl (C=O) groups excluding carboxylic acids is 2. The Balaban J connectivity index is 1.49. The first kappa shape index (κ1) is 29.6. The number of nitrogens with one attached hydrogen (secondary N) is 1. The lowest BCUT2D eigenvalue weighted by atomic mass is 9.43. The molecule has 1 aromatic carbocycles. The maximum Gasteiger partial charge on any atom is 0.338 e. The monoisotopic (exact) mass is 601 g/mol. The molecule has 0 radical (unpaired) electrons. The van der Waals surface area contributed by atoms with Gasteiger partial charge in [0.15, 0.2) is 5.60 Å². The first-order valence-electron chi connectivity index (χ1n) is 15.3. The van der Waals surface area contributed by atoms with Gasteiger partial charge in [0.25, 0.3) is 0 Å². The zero-order chi connectivity index (χ0) is 30.5. The number of methoxy groups -OCH3 is 4. The number of rotatable bonds is 8. The summed E-state index contributed by atoms with van der Waals surface area (Å²) in [5, 5.41) is 28.8. The van der Waals surface area contributed by atoms with Gasteiger partial charge in [0.1, 0.15) is 23.9 Å². The molecule has 0 aromatic heterocycles. The average Bonchev–Trinajstić information content (AvgIpc) is 3.34. The number of esters is 2. The van der Waals surface area contributed by atoms with Crippen LogP contribution in [0, 0.1) is 34.5 Å². The molecular formula is C32H43NO10. The van der Waals surface area contributed by atoms with Crippen LogP contribution in [0.15, 0.2) is 30.3 Å². The molecule has 7 bridgehead atoms. The van der Waals surface area contributed by atoms with Crippen molar-refractivity contribution in [3.63, 3.8) is 0 Å². The molecule has 5 saturated carbocycles. The summed E-state index contributed by atoms with van der Waals surface area (Å²) < 4.78 is 37.2. The average molecular weight is 602 g/mol. The van der Waals surface area contributed by atoms with Crippen molar-refractivity contribution in [2.75, 3.05) is 41.6 Å². The van der Waals surface area contributed by atoms with Crippen LogP contribution in [-0.2, 0) is 33.2 Å². The molecule has 11 heteroatoms. The van der Waals surface area contributed by atoms with Crippen molar-refractivity contribution in [3.8, 4) is 0 Å².